The first-order valence-corrected chi connectivity index (χ1v) is 6.36. The fourth-order valence-corrected chi connectivity index (χ4v) is 2.34. The van der Waals surface area contributed by atoms with Gasteiger partial charge in [-0.25, -0.2) is 0 Å². The molecule has 4 heteroatoms. The minimum Gasteiger partial charge on any atom is -0.317 e. The van der Waals surface area contributed by atoms with Crippen LogP contribution in [0.2, 0.25) is 5.02 Å². The Balaban J connectivity index is 2.80. The van der Waals surface area contributed by atoms with Crippen LogP contribution < -0.4 is 5.32 Å². The highest BCUT2D eigenvalue weighted by Crippen LogP contribution is 2.27. The molecule has 0 amide bonds. The summed E-state index contributed by atoms with van der Waals surface area (Å²) in [5, 5.41) is 8.38. The summed E-state index contributed by atoms with van der Waals surface area (Å²) in [6.45, 7) is 7.49. The van der Waals surface area contributed by atoms with Crippen LogP contribution in [0.25, 0.3) is 0 Å². The third kappa shape index (κ3) is 3.22. The van der Waals surface area contributed by atoms with Crippen molar-refractivity contribution in [2.24, 2.45) is 0 Å². The SMILES string of the molecule is CCCn1ncc(Cl)c1C(C)CC(C)NC. The lowest BCUT2D eigenvalue weighted by Gasteiger charge is -2.18. The fourth-order valence-electron chi connectivity index (χ4n) is 2.01. The number of hydrogen-bond donors (Lipinski definition) is 1. The first-order valence-electron chi connectivity index (χ1n) is 5.98. The number of aryl methyl sites for hydroxylation is 1. The van der Waals surface area contributed by atoms with Crippen LogP contribution in [0.3, 0.4) is 0 Å². The summed E-state index contributed by atoms with van der Waals surface area (Å²) in [4.78, 5) is 0. The molecule has 0 spiro atoms. The molecule has 0 fully saturated rings. The molecule has 0 bridgehead atoms. The minimum atomic E-state index is 0.434. The molecular weight excluding hydrogens is 222 g/mol. The van der Waals surface area contributed by atoms with Gasteiger partial charge in [-0.2, -0.15) is 5.10 Å². The van der Waals surface area contributed by atoms with Gasteiger partial charge in [-0.1, -0.05) is 25.4 Å². The average Bonchev–Trinajstić information content (AvgIpc) is 2.60. The number of nitrogens with one attached hydrogen (secondary N) is 1. The number of nitrogens with zero attached hydrogens (tertiary/aromatic N) is 2. The van der Waals surface area contributed by atoms with Crippen molar-refractivity contribution in [3.05, 3.63) is 16.9 Å². The smallest absolute Gasteiger partial charge is 0.0820 e. The van der Waals surface area contributed by atoms with Gasteiger partial charge in [0.05, 0.1) is 16.9 Å². The monoisotopic (exact) mass is 243 g/mol. The highest BCUT2D eigenvalue weighted by molar-refractivity contribution is 6.31. The van der Waals surface area contributed by atoms with E-state index in [0.717, 1.165) is 24.4 Å². The van der Waals surface area contributed by atoms with Crippen molar-refractivity contribution >= 4 is 11.6 Å². The van der Waals surface area contributed by atoms with Gasteiger partial charge in [0.25, 0.3) is 0 Å². The third-order valence-corrected chi connectivity index (χ3v) is 3.23. The largest absolute Gasteiger partial charge is 0.317 e. The van der Waals surface area contributed by atoms with E-state index in [4.69, 9.17) is 11.6 Å². The van der Waals surface area contributed by atoms with Crippen molar-refractivity contribution in [2.45, 2.75) is 52.1 Å². The average molecular weight is 244 g/mol. The van der Waals surface area contributed by atoms with Crippen LogP contribution in [0.4, 0.5) is 0 Å². The summed E-state index contributed by atoms with van der Waals surface area (Å²) in [5.41, 5.74) is 1.17. The molecule has 0 aliphatic heterocycles. The molecular formula is C12H22ClN3. The van der Waals surface area contributed by atoms with Gasteiger partial charge >= 0.3 is 0 Å². The zero-order chi connectivity index (χ0) is 12.1. The zero-order valence-corrected chi connectivity index (χ0v) is 11.4. The maximum absolute atomic E-state index is 6.20. The summed E-state index contributed by atoms with van der Waals surface area (Å²) in [6.07, 6.45) is 3.91. The van der Waals surface area contributed by atoms with Gasteiger partial charge < -0.3 is 5.32 Å². The molecule has 92 valence electrons. The predicted octanol–water partition coefficient (Wildman–Crippen LogP) is 3.05. The second kappa shape index (κ2) is 6.26. The summed E-state index contributed by atoms with van der Waals surface area (Å²) in [6, 6.07) is 0.496. The van der Waals surface area contributed by atoms with E-state index in [1.165, 1.54) is 5.69 Å². The van der Waals surface area contributed by atoms with Gasteiger partial charge in [-0.05, 0) is 26.8 Å². The lowest BCUT2D eigenvalue weighted by Crippen LogP contribution is -2.24. The van der Waals surface area contributed by atoms with Crippen LogP contribution in [-0.4, -0.2) is 22.9 Å². The Labute approximate surface area is 103 Å². The Morgan fingerprint density at radius 3 is 2.75 bits per heavy atom. The summed E-state index contributed by atoms with van der Waals surface area (Å²) in [7, 11) is 1.99. The Morgan fingerprint density at radius 1 is 1.50 bits per heavy atom. The highest BCUT2D eigenvalue weighted by atomic mass is 35.5. The first-order chi connectivity index (χ1) is 7.60. The van der Waals surface area contributed by atoms with Crippen LogP contribution in [0.5, 0.6) is 0 Å². The van der Waals surface area contributed by atoms with E-state index in [1.54, 1.807) is 6.20 Å². The molecule has 1 aromatic rings. The lowest BCUT2D eigenvalue weighted by atomic mass is 9.99. The van der Waals surface area contributed by atoms with Gasteiger partial charge in [0.2, 0.25) is 0 Å². The van der Waals surface area contributed by atoms with Crippen LogP contribution in [0.1, 0.15) is 45.2 Å². The number of rotatable bonds is 6. The second-order valence-corrected chi connectivity index (χ2v) is 4.83. The summed E-state index contributed by atoms with van der Waals surface area (Å²) in [5.74, 6) is 0.434. The molecule has 1 aromatic heterocycles. The van der Waals surface area contributed by atoms with Gasteiger partial charge in [0.15, 0.2) is 0 Å². The van der Waals surface area contributed by atoms with E-state index >= 15 is 0 Å². The van der Waals surface area contributed by atoms with Crippen molar-refractivity contribution in [1.82, 2.24) is 15.1 Å². The molecule has 0 saturated heterocycles. The Morgan fingerprint density at radius 2 is 2.19 bits per heavy atom. The van der Waals surface area contributed by atoms with Crippen LogP contribution in [0, 0.1) is 0 Å². The molecule has 1 heterocycles. The van der Waals surface area contributed by atoms with E-state index in [1.807, 2.05) is 11.7 Å². The maximum Gasteiger partial charge on any atom is 0.0820 e. The molecule has 0 radical (unpaired) electrons. The van der Waals surface area contributed by atoms with Crippen molar-refractivity contribution in [2.75, 3.05) is 7.05 Å². The molecule has 2 atom stereocenters. The van der Waals surface area contributed by atoms with Gasteiger partial charge in [0.1, 0.15) is 0 Å². The Hall–Kier alpha value is -0.540. The zero-order valence-electron chi connectivity index (χ0n) is 10.6. The fraction of sp³-hybridized carbons (Fsp3) is 0.750. The molecule has 0 aromatic carbocycles. The first kappa shape index (κ1) is 13.5. The Bertz CT molecular complexity index is 322. The molecule has 0 saturated carbocycles. The van der Waals surface area contributed by atoms with Gasteiger partial charge in [0, 0.05) is 18.5 Å². The molecule has 2 unspecified atom stereocenters. The number of halogens is 1. The van der Waals surface area contributed by atoms with Crippen LogP contribution in [-0.2, 0) is 6.54 Å². The summed E-state index contributed by atoms with van der Waals surface area (Å²) >= 11 is 6.20. The molecule has 1 N–H and O–H groups in total. The lowest BCUT2D eigenvalue weighted by molar-refractivity contribution is 0.478. The van der Waals surface area contributed by atoms with Gasteiger partial charge in [-0.3, -0.25) is 4.68 Å². The van der Waals surface area contributed by atoms with E-state index in [-0.39, 0.29) is 0 Å². The third-order valence-electron chi connectivity index (χ3n) is 2.94. The van der Waals surface area contributed by atoms with Crippen LogP contribution in [0.15, 0.2) is 6.20 Å². The summed E-state index contributed by atoms with van der Waals surface area (Å²) < 4.78 is 2.04. The second-order valence-electron chi connectivity index (χ2n) is 4.43. The van der Waals surface area contributed by atoms with Crippen molar-refractivity contribution in [3.8, 4) is 0 Å². The molecule has 3 nitrogen and oxygen atoms in total. The highest BCUT2D eigenvalue weighted by Gasteiger charge is 2.17. The van der Waals surface area contributed by atoms with Gasteiger partial charge in [-0.15, -0.1) is 0 Å². The predicted molar refractivity (Wildman–Crippen MR) is 69.1 cm³/mol. The normalized spacial score (nSPS) is 15.1. The van der Waals surface area contributed by atoms with Crippen molar-refractivity contribution < 1.29 is 0 Å². The van der Waals surface area contributed by atoms with Crippen molar-refractivity contribution in [1.29, 1.82) is 0 Å². The van der Waals surface area contributed by atoms with E-state index in [0.29, 0.717) is 12.0 Å². The standard InChI is InChI=1S/C12H22ClN3/c1-5-6-16-12(11(13)8-15-16)9(2)7-10(3)14-4/h8-10,14H,5-7H2,1-4H3. The van der Waals surface area contributed by atoms with Crippen molar-refractivity contribution in [3.63, 3.8) is 0 Å². The van der Waals surface area contributed by atoms with Crippen LogP contribution >= 0.6 is 11.6 Å². The topological polar surface area (TPSA) is 29.9 Å². The molecule has 0 aliphatic carbocycles. The van der Waals surface area contributed by atoms with E-state index in [2.05, 4.69) is 31.2 Å². The molecule has 1 rings (SSSR count). The van der Waals surface area contributed by atoms with E-state index in [9.17, 15) is 0 Å². The van der Waals surface area contributed by atoms with E-state index < -0.39 is 0 Å². The quantitative estimate of drug-likeness (QED) is 0.832. The minimum absolute atomic E-state index is 0.434. The molecule has 16 heavy (non-hydrogen) atoms. The molecule has 0 aliphatic rings. The Kier molecular flexibility index (Phi) is 5.29. The maximum atomic E-state index is 6.20. The number of aromatic nitrogens is 2. The number of hydrogen-bond acceptors (Lipinski definition) is 2.